The summed E-state index contributed by atoms with van der Waals surface area (Å²) in [6.45, 7) is 1.68. The van der Waals surface area contributed by atoms with Crippen LogP contribution in [0, 0.1) is 35.5 Å². The number of rotatable bonds is 5. The number of hydrogen-bond acceptors (Lipinski definition) is 6. The van der Waals surface area contributed by atoms with Crippen molar-refractivity contribution < 1.29 is 14.6 Å². The normalized spacial score (nSPS) is 11.6. The molecule has 0 saturated carbocycles. The molecule has 2 rings (SSSR count). The van der Waals surface area contributed by atoms with Crippen molar-refractivity contribution in [3.05, 3.63) is 35.3 Å². The monoisotopic (exact) mass is 312 g/mol. The van der Waals surface area contributed by atoms with Crippen LogP contribution in [-0.4, -0.2) is 29.3 Å². The summed E-state index contributed by atoms with van der Waals surface area (Å²) in [5, 5.41) is 28.7. The molecule has 1 aromatic heterocycles. The molecule has 0 aliphatic heterocycles. The minimum absolute atomic E-state index is 0.232. The van der Waals surface area contributed by atoms with Crippen LogP contribution in [0.4, 0.5) is 0 Å². The molecule has 7 nitrogen and oxygen atoms in total. The maximum absolute atomic E-state index is 10.0. The number of imidazole rings is 1. The number of nitrogens with one attached hydrogen (secondary N) is 1. The third kappa shape index (κ3) is 3.19. The lowest BCUT2D eigenvalue weighted by atomic mass is 9.85. The molecule has 23 heavy (non-hydrogen) atoms. The zero-order chi connectivity index (χ0) is 17.0. The second-order valence-corrected chi connectivity index (χ2v) is 4.92. The summed E-state index contributed by atoms with van der Waals surface area (Å²) in [7, 11) is 3.02. The van der Waals surface area contributed by atoms with Crippen LogP contribution in [0.25, 0.3) is 0 Å². The molecule has 1 atom stereocenters. The van der Waals surface area contributed by atoms with Gasteiger partial charge in [0.1, 0.15) is 23.2 Å². The molecule has 0 aliphatic rings. The van der Waals surface area contributed by atoms with Gasteiger partial charge in [-0.3, -0.25) is 0 Å². The summed E-state index contributed by atoms with van der Waals surface area (Å²) in [4.78, 5) is 6.83. The van der Waals surface area contributed by atoms with E-state index in [1.54, 1.807) is 25.1 Å². The van der Waals surface area contributed by atoms with Crippen molar-refractivity contribution in [2.24, 2.45) is 5.92 Å². The number of methoxy groups -OCH3 is 2. The molecule has 0 saturated heterocycles. The summed E-state index contributed by atoms with van der Waals surface area (Å²) < 4.78 is 10.5. The molecule has 0 fully saturated rings. The number of nitriles is 2. The van der Waals surface area contributed by atoms with E-state index in [1.807, 2.05) is 12.1 Å². The van der Waals surface area contributed by atoms with E-state index in [1.165, 1.54) is 14.2 Å². The molecule has 1 aromatic carbocycles. The van der Waals surface area contributed by atoms with E-state index in [4.69, 9.17) is 9.47 Å². The third-order valence-electron chi connectivity index (χ3n) is 3.49. The predicted octanol–water partition coefficient (Wildman–Crippen LogP) is 2.24. The minimum Gasteiger partial charge on any atom is -0.497 e. The van der Waals surface area contributed by atoms with Gasteiger partial charge in [-0.2, -0.15) is 15.5 Å². The first-order valence-corrected chi connectivity index (χ1v) is 6.81. The highest BCUT2D eigenvalue weighted by molar-refractivity contribution is 5.46. The van der Waals surface area contributed by atoms with Gasteiger partial charge in [0.25, 0.3) is 0 Å². The second kappa shape index (κ2) is 6.71. The number of aromatic nitrogens is 2. The van der Waals surface area contributed by atoms with Crippen LogP contribution >= 0.6 is 0 Å². The molecule has 7 heteroatoms. The molecule has 0 bridgehead atoms. The molecule has 0 spiro atoms. The smallest absolute Gasteiger partial charge is 0.233 e. The number of benzene rings is 1. The van der Waals surface area contributed by atoms with Gasteiger partial charge < -0.3 is 19.6 Å². The van der Waals surface area contributed by atoms with E-state index in [-0.39, 0.29) is 5.88 Å². The van der Waals surface area contributed by atoms with E-state index in [2.05, 4.69) is 9.97 Å². The zero-order valence-electron chi connectivity index (χ0n) is 13.0. The number of hydrogen-bond donors (Lipinski definition) is 2. The number of H-pyrrole nitrogens is 1. The van der Waals surface area contributed by atoms with Gasteiger partial charge in [-0.1, -0.05) is 0 Å². The molecule has 2 aromatic rings. The van der Waals surface area contributed by atoms with Gasteiger partial charge in [0.2, 0.25) is 5.88 Å². The number of aromatic hydroxyl groups is 1. The fraction of sp³-hybridized carbons (Fsp3) is 0.312. The van der Waals surface area contributed by atoms with Crippen LogP contribution in [0.15, 0.2) is 18.2 Å². The van der Waals surface area contributed by atoms with Crippen LogP contribution in [-0.2, 0) is 0 Å². The van der Waals surface area contributed by atoms with Gasteiger partial charge in [-0.15, -0.1) is 0 Å². The Balaban J connectivity index is 2.66. The Bertz CT molecular complexity index is 749. The van der Waals surface area contributed by atoms with E-state index in [0.29, 0.717) is 28.6 Å². The van der Waals surface area contributed by atoms with Gasteiger partial charge in [0.05, 0.1) is 38.0 Å². The first-order valence-electron chi connectivity index (χ1n) is 6.81. The van der Waals surface area contributed by atoms with Crippen LogP contribution in [0.2, 0.25) is 0 Å². The molecule has 118 valence electrons. The van der Waals surface area contributed by atoms with Crippen molar-refractivity contribution in [2.75, 3.05) is 14.2 Å². The summed E-state index contributed by atoms with van der Waals surface area (Å²) in [6.07, 6.45) is 0. The summed E-state index contributed by atoms with van der Waals surface area (Å²) >= 11 is 0. The fourth-order valence-corrected chi connectivity index (χ4v) is 2.43. The van der Waals surface area contributed by atoms with Crippen LogP contribution in [0.3, 0.4) is 0 Å². The Morgan fingerprint density at radius 3 is 2.09 bits per heavy atom. The molecule has 1 unspecified atom stereocenters. The number of ether oxygens (including phenoxy) is 2. The summed E-state index contributed by atoms with van der Waals surface area (Å²) in [5.41, 5.74) is 0.916. The SMILES string of the molecule is COc1cc(OC)cc(C(c2[nH]c(C)nc2O)C(C#N)C#N)c1. The highest BCUT2D eigenvalue weighted by atomic mass is 16.5. The number of aryl methyl sites for hydroxylation is 1. The molecule has 0 radical (unpaired) electrons. The Hall–Kier alpha value is -3.19. The predicted molar refractivity (Wildman–Crippen MR) is 81.1 cm³/mol. The van der Waals surface area contributed by atoms with Crippen LogP contribution < -0.4 is 9.47 Å². The van der Waals surface area contributed by atoms with Gasteiger partial charge in [0.15, 0.2) is 0 Å². The van der Waals surface area contributed by atoms with Gasteiger partial charge in [0, 0.05) is 6.07 Å². The van der Waals surface area contributed by atoms with Crippen molar-refractivity contribution in [3.63, 3.8) is 0 Å². The van der Waals surface area contributed by atoms with E-state index in [0.717, 1.165) is 0 Å². The molecular weight excluding hydrogens is 296 g/mol. The summed E-state index contributed by atoms with van der Waals surface area (Å²) in [6, 6.07) is 9.00. The molecular formula is C16H16N4O3. The zero-order valence-corrected chi connectivity index (χ0v) is 13.0. The third-order valence-corrected chi connectivity index (χ3v) is 3.49. The van der Waals surface area contributed by atoms with Gasteiger partial charge in [-0.05, 0) is 24.6 Å². The van der Waals surface area contributed by atoms with E-state index in [9.17, 15) is 15.6 Å². The first kappa shape index (κ1) is 16.2. The number of aromatic amines is 1. The maximum Gasteiger partial charge on any atom is 0.233 e. The van der Waals surface area contributed by atoms with Gasteiger partial charge >= 0.3 is 0 Å². The molecule has 0 amide bonds. The lowest BCUT2D eigenvalue weighted by Gasteiger charge is -2.18. The maximum atomic E-state index is 10.0. The van der Waals surface area contributed by atoms with Crippen LogP contribution in [0.1, 0.15) is 23.0 Å². The molecule has 0 aliphatic carbocycles. The Kier molecular flexibility index (Phi) is 4.72. The Morgan fingerprint density at radius 1 is 1.13 bits per heavy atom. The quantitative estimate of drug-likeness (QED) is 0.874. The lowest BCUT2D eigenvalue weighted by molar-refractivity contribution is 0.392. The molecule has 1 heterocycles. The highest BCUT2D eigenvalue weighted by Crippen LogP contribution is 2.38. The average molecular weight is 312 g/mol. The van der Waals surface area contributed by atoms with Crippen molar-refractivity contribution in [2.45, 2.75) is 12.8 Å². The largest absolute Gasteiger partial charge is 0.497 e. The standard InChI is InChI=1S/C16H16N4O3/c1-9-19-15(16(21)20-9)14(11(7-17)8-18)10-4-12(22-2)6-13(5-10)23-3/h4-6,11,14,21H,1-3H3,(H,19,20). The van der Waals surface area contributed by atoms with Crippen molar-refractivity contribution >= 4 is 0 Å². The average Bonchev–Trinajstić information content (AvgIpc) is 2.89. The van der Waals surface area contributed by atoms with Crippen molar-refractivity contribution in [1.82, 2.24) is 9.97 Å². The highest BCUT2D eigenvalue weighted by Gasteiger charge is 2.30. The Morgan fingerprint density at radius 2 is 1.70 bits per heavy atom. The summed E-state index contributed by atoms with van der Waals surface area (Å²) in [5.74, 6) is -0.422. The van der Waals surface area contributed by atoms with Gasteiger partial charge in [-0.25, -0.2) is 0 Å². The van der Waals surface area contributed by atoms with E-state index < -0.39 is 11.8 Å². The van der Waals surface area contributed by atoms with Crippen molar-refractivity contribution in [1.29, 1.82) is 10.5 Å². The lowest BCUT2D eigenvalue weighted by Crippen LogP contribution is -2.12. The number of nitrogens with zero attached hydrogens (tertiary/aromatic N) is 3. The topological polar surface area (TPSA) is 115 Å². The second-order valence-electron chi connectivity index (χ2n) is 4.92. The minimum atomic E-state index is -1.02. The van der Waals surface area contributed by atoms with Crippen molar-refractivity contribution in [3.8, 4) is 29.5 Å². The fourth-order valence-electron chi connectivity index (χ4n) is 2.43. The Labute approximate surface area is 133 Å². The molecule has 2 N–H and O–H groups in total. The van der Waals surface area contributed by atoms with E-state index >= 15 is 0 Å². The first-order chi connectivity index (χ1) is 11.0. The van der Waals surface area contributed by atoms with Crippen LogP contribution in [0.5, 0.6) is 17.4 Å².